The SMILES string of the molecule is COc1cccc(NC(=O)C[C@@H]2C(=O)N(c3ccccc3)C(=S)N2NC(=O)c2ccccc2)c1. The Morgan fingerprint density at radius 1 is 0.971 bits per heavy atom. The van der Waals surface area contributed by atoms with Gasteiger partial charge < -0.3 is 10.1 Å². The molecule has 1 heterocycles. The van der Waals surface area contributed by atoms with E-state index in [9.17, 15) is 14.4 Å². The molecule has 0 aromatic heterocycles. The van der Waals surface area contributed by atoms with Crippen molar-refractivity contribution < 1.29 is 19.1 Å². The van der Waals surface area contributed by atoms with Crippen LogP contribution in [0, 0.1) is 0 Å². The van der Waals surface area contributed by atoms with Gasteiger partial charge in [-0.1, -0.05) is 42.5 Å². The smallest absolute Gasteiger partial charge is 0.269 e. The van der Waals surface area contributed by atoms with Gasteiger partial charge in [-0.3, -0.25) is 24.7 Å². The number of anilines is 2. The van der Waals surface area contributed by atoms with Gasteiger partial charge in [0.15, 0.2) is 0 Å². The maximum Gasteiger partial charge on any atom is 0.269 e. The summed E-state index contributed by atoms with van der Waals surface area (Å²) in [7, 11) is 1.53. The van der Waals surface area contributed by atoms with Crippen molar-refractivity contribution in [1.29, 1.82) is 0 Å². The van der Waals surface area contributed by atoms with Gasteiger partial charge in [-0.2, -0.15) is 0 Å². The third-order valence-electron chi connectivity index (χ3n) is 5.22. The fourth-order valence-electron chi connectivity index (χ4n) is 3.57. The topological polar surface area (TPSA) is 91.0 Å². The number of thiocarbonyl (C=S) groups is 1. The van der Waals surface area contributed by atoms with Gasteiger partial charge in [0, 0.05) is 17.3 Å². The second-order valence-corrected chi connectivity index (χ2v) is 7.83. The minimum atomic E-state index is -1.02. The number of carbonyl (C=O) groups is 3. The van der Waals surface area contributed by atoms with Gasteiger partial charge >= 0.3 is 0 Å². The molecule has 9 heteroatoms. The van der Waals surface area contributed by atoms with E-state index in [4.69, 9.17) is 17.0 Å². The van der Waals surface area contributed by atoms with Crippen LogP contribution in [0.2, 0.25) is 0 Å². The number of hydrogen-bond acceptors (Lipinski definition) is 5. The predicted molar refractivity (Wildman–Crippen MR) is 132 cm³/mol. The summed E-state index contributed by atoms with van der Waals surface area (Å²) in [5.74, 6) is -0.680. The van der Waals surface area contributed by atoms with Gasteiger partial charge in [0.1, 0.15) is 11.8 Å². The lowest BCUT2D eigenvalue weighted by atomic mass is 10.1. The minimum Gasteiger partial charge on any atom is -0.497 e. The molecule has 1 atom stereocenters. The number of ether oxygens (including phenoxy) is 1. The zero-order valence-corrected chi connectivity index (χ0v) is 19.1. The van der Waals surface area contributed by atoms with Crippen LogP contribution < -0.4 is 20.4 Å². The van der Waals surface area contributed by atoms with Crippen molar-refractivity contribution >= 4 is 46.4 Å². The van der Waals surface area contributed by atoms with Gasteiger partial charge in [0.25, 0.3) is 11.8 Å². The Labute approximate surface area is 202 Å². The average molecular weight is 475 g/mol. The zero-order valence-electron chi connectivity index (χ0n) is 18.3. The van der Waals surface area contributed by atoms with Crippen molar-refractivity contribution in [2.24, 2.45) is 0 Å². The Kier molecular flexibility index (Phi) is 6.84. The fourth-order valence-corrected chi connectivity index (χ4v) is 3.93. The van der Waals surface area contributed by atoms with Crippen LogP contribution in [-0.4, -0.2) is 41.0 Å². The molecule has 34 heavy (non-hydrogen) atoms. The first kappa shape index (κ1) is 22.9. The molecule has 3 aromatic rings. The molecule has 0 spiro atoms. The van der Waals surface area contributed by atoms with E-state index < -0.39 is 23.8 Å². The average Bonchev–Trinajstić information content (AvgIpc) is 3.09. The van der Waals surface area contributed by atoms with E-state index in [0.29, 0.717) is 22.7 Å². The van der Waals surface area contributed by atoms with Gasteiger partial charge in [-0.05, 0) is 48.6 Å². The first-order chi connectivity index (χ1) is 16.5. The normalized spacial score (nSPS) is 15.3. The van der Waals surface area contributed by atoms with Gasteiger partial charge in [-0.15, -0.1) is 0 Å². The third kappa shape index (κ3) is 4.89. The number of benzene rings is 3. The van der Waals surface area contributed by atoms with Crippen molar-refractivity contribution in [3.63, 3.8) is 0 Å². The Hall–Kier alpha value is -4.24. The largest absolute Gasteiger partial charge is 0.497 e. The minimum absolute atomic E-state index is 0.0830. The summed E-state index contributed by atoms with van der Waals surface area (Å²) in [6.07, 6.45) is -0.228. The molecule has 3 aromatic carbocycles. The van der Waals surface area contributed by atoms with Gasteiger partial charge in [0.2, 0.25) is 11.0 Å². The maximum atomic E-state index is 13.4. The predicted octanol–water partition coefficient (Wildman–Crippen LogP) is 3.37. The Bertz CT molecular complexity index is 1220. The van der Waals surface area contributed by atoms with Crippen molar-refractivity contribution in [1.82, 2.24) is 10.4 Å². The van der Waals surface area contributed by atoms with E-state index in [1.165, 1.54) is 17.0 Å². The molecule has 1 fully saturated rings. The number of hydrogen-bond donors (Lipinski definition) is 2. The molecule has 0 saturated carbocycles. The molecule has 1 saturated heterocycles. The standard InChI is InChI=1S/C25H22N4O4S/c1-33-20-14-8-11-18(15-20)26-22(30)16-21-24(32)28(19-12-6-3-7-13-19)25(34)29(21)27-23(31)17-9-4-2-5-10-17/h2-15,21H,16H2,1H3,(H,26,30)(H,27,31)/t21-/m1/s1. The molecular formula is C25H22N4O4S. The highest BCUT2D eigenvalue weighted by molar-refractivity contribution is 7.80. The number of carbonyl (C=O) groups excluding carboxylic acids is 3. The number of amides is 3. The van der Waals surface area contributed by atoms with Crippen molar-refractivity contribution in [2.45, 2.75) is 12.5 Å². The lowest BCUT2D eigenvalue weighted by molar-refractivity contribution is -0.124. The van der Waals surface area contributed by atoms with E-state index in [-0.39, 0.29) is 11.5 Å². The van der Waals surface area contributed by atoms with Crippen LogP contribution >= 0.6 is 12.2 Å². The molecule has 3 amide bonds. The third-order valence-corrected chi connectivity index (χ3v) is 5.60. The first-order valence-corrected chi connectivity index (χ1v) is 10.9. The van der Waals surface area contributed by atoms with E-state index in [1.54, 1.807) is 78.9 Å². The summed E-state index contributed by atoms with van der Waals surface area (Å²) in [6.45, 7) is 0. The second-order valence-electron chi connectivity index (χ2n) is 7.47. The molecule has 1 aliphatic rings. The lowest BCUT2D eigenvalue weighted by Crippen LogP contribution is -2.49. The van der Waals surface area contributed by atoms with E-state index in [1.807, 2.05) is 6.07 Å². The number of nitrogens with one attached hydrogen (secondary N) is 2. The summed E-state index contributed by atoms with van der Waals surface area (Å²) < 4.78 is 5.18. The fraction of sp³-hybridized carbons (Fsp3) is 0.120. The van der Waals surface area contributed by atoms with Crippen LogP contribution in [0.4, 0.5) is 11.4 Å². The highest BCUT2D eigenvalue weighted by atomic mass is 32.1. The Morgan fingerprint density at radius 2 is 1.65 bits per heavy atom. The van der Waals surface area contributed by atoms with Crippen molar-refractivity contribution in [3.05, 3.63) is 90.5 Å². The van der Waals surface area contributed by atoms with Crippen LogP contribution in [0.15, 0.2) is 84.9 Å². The highest BCUT2D eigenvalue weighted by Crippen LogP contribution is 2.26. The highest BCUT2D eigenvalue weighted by Gasteiger charge is 2.45. The van der Waals surface area contributed by atoms with Crippen LogP contribution in [-0.2, 0) is 9.59 Å². The molecule has 0 bridgehead atoms. The summed E-state index contributed by atoms with van der Waals surface area (Å²) >= 11 is 5.55. The lowest BCUT2D eigenvalue weighted by Gasteiger charge is -2.24. The molecule has 2 N–H and O–H groups in total. The van der Waals surface area contributed by atoms with Gasteiger partial charge in [0.05, 0.1) is 19.2 Å². The number of nitrogens with zero attached hydrogens (tertiary/aromatic N) is 2. The summed E-state index contributed by atoms with van der Waals surface area (Å²) in [4.78, 5) is 40.4. The molecule has 0 unspecified atom stereocenters. The van der Waals surface area contributed by atoms with Gasteiger partial charge in [-0.25, -0.2) is 5.01 Å². The van der Waals surface area contributed by atoms with Crippen LogP contribution in [0.3, 0.4) is 0 Å². The van der Waals surface area contributed by atoms with Crippen molar-refractivity contribution in [3.8, 4) is 5.75 Å². The maximum absolute atomic E-state index is 13.4. The number of methoxy groups -OCH3 is 1. The number of hydrazine groups is 1. The molecule has 0 aliphatic carbocycles. The molecule has 4 rings (SSSR count). The van der Waals surface area contributed by atoms with E-state index in [2.05, 4.69) is 10.7 Å². The van der Waals surface area contributed by atoms with Crippen LogP contribution in [0.5, 0.6) is 5.75 Å². The first-order valence-electron chi connectivity index (χ1n) is 10.5. The van der Waals surface area contributed by atoms with E-state index in [0.717, 1.165) is 0 Å². The Morgan fingerprint density at radius 3 is 2.32 bits per heavy atom. The summed E-state index contributed by atoms with van der Waals surface area (Å²) in [6, 6.07) is 23.3. The Balaban J connectivity index is 1.58. The zero-order chi connectivity index (χ0) is 24.1. The summed E-state index contributed by atoms with van der Waals surface area (Å²) in [5, 5.41) is 4.13. The number of rotatable bonds is 7. The number of para-hydroxylation sites is 1. The quantitative estimate of drug-likeness (QED) is 0.511. The summed E-state index contributed by atoms with van der Waals surface area (Å²) in [5.41, 5.74) is 4.18. The monoisotopic (exact) mass is 474 g/mol. The molecule has 0 radical (unpaired) electrons. The molecular weight excluding hydrogens is 452 g/mol. The molecule has 1 aliphatic heterocycles. The van der Waals surface area contributed by atoms with E-state index >= 15 is 0 Å². The molecule has 8 nitrogen and oxygen atoms in total. The van der Waals surface area contributed by atoms with Crippen molar-refractivity contribution in [2.75, 3.05) is 17.3 Å². The van der Waals surface area contributed by atoms with Crippen LogP contribution in [0.25, 0.3) is 0 Å². The molecule has 172 valence electrons. The second kappa shape index (κ2) is 10.1. The van der Waals surface area contributed by atoms with Crippen LogP contribution in [0.1, 0.15) is 16.8 Å².